The van der Waals surface area contributed by atoms with E-state index in [2.05, 4.69) is 15.7 Å². The molecule has 1 aliphatic carbocycles. The standard InChI is InChI=1S/C25H24N4O4S/c30-19(28-29-22(31)25(27-23(29)32)14-8-3-9-15-25)16-34-24-26-20(17-10-4-1-5-11-17)21(33-24)18-12-6-2-7-13-18/h1-2,4-7,10-13H,3,8-9,14-16H2,(H,27,32)(H,28,30). The molecular formula is C25H24N4O4S. The van der Waals surface area contributed by atoms with Crippen LogP contribution in [0.15, 0.2) is 70.3 Å². The number of hydrogen-bond acceptors (Lipinski definition) is 6. The average Bonchev–Trinajstić information content (AvgIpc) is 3.40. The van der Waals surface area contributed by atoms with Crippen LogP contribution in [-0.2, 0) is 9.59 Å². The minimum atomic E-state index is -0.881. The molecule has 8 nitrogen and oxygen atoms in total. The van der Waals surface area contributed by atoms with Crippen molar-refractivity contribution in [3.63, 3.8) is 0 Å². The second-order valence-electron chi connectivity index (χ2n) is 8.43. The van der Waals surface area contributed by atoms with Gasteiger partial charge in [0.05, 0.1) is 5.75 Å². The van der Waals surface area contributed by atoms with Crippen molar-refractivity contribution in [1.82, 2.24) is 20.7 Å². The summed E-state index contributed by atoms with van der Waals surface area (Å²) < 4.78 is 6.02. The predicted octanol–water partition coefficient (Wildman–Crippen LogP) is 4.39. The Balaban J connectivity index is 1.29. The summed E-state index contributed by atoms with van der Waals surface area (Å²) in [7, 11) is 0. The number of benzene rings is 2. The predicted molar refractivity (Wildman–Crippen MR) is 127 cm³/mol. The molecule has 0 atom stereocenters. The van der Waals surface area contributed by atoms with E-state index in [0.29, 0.717) is 29.5 Å². The third-order valence-electron chi connectivity index (χ3n) is 6.12. The molecule has 1 saturated carbocycles. The zero-order valence-electron chi connectivity index (χ0n) is 18.5. The maximum absolute atomic E-state index is 12.9. The van der Waals surface area contributed by atoms with Crippen LogP contribution in [0.25, 0.3) is 22.6 Å². The first-order valence-corrected chi connectivity index (χ1v) is 12.2. The summed E-state index contributed by atoms with van der Waals surface area (Å²) in [5.74, 6) is -0.318. The zero-order chi connectivity index (χ0) is 23.5. The Bertz CT molecular complexity index is 1150. The third-order valence-corrected chi connectivity index (χ3v) is 6.95. The highest BCUT2D eigenvalue weighted by molar-refractivity contribution is 7.99. The molecule has 5 rings (SSSR count). The molecule has 2 fully saturated rings. The number of hydrogen-bond donors (Lipinski definition) is 2. The molecule has 0 radical (unpaired) electrons. The van der Waals surface area contributed by atoms with Crippen LogP contribution < -0.4 is 10.7 Å². The van der Waals surface area contributed by atoms with Gasteiger partial charge in [-0.2, -0.15) is 5.01 Å². The molecule has 2 aliphatic rings. The third kappa shape index (κ3) is 4.31. The van der Waals surface area contributed by atoms with Gasteiger partial charge in [-0.25, -0.2) is 9.78 Å². The summed E-state index contributed by atoms with van der Waals surface area (Å²) in [5.41, 5.74) is 4.03. The average molecular weight is 477 g/mol. The van der Waals surface area contributed by atoms with Gasteiger partial charge in [0.25, 0.3) is 11.1 Å². The van der Waals surface area contributed by atoms with Crippen LogP contribution in [0.5, 0.6) is 0 Å². The van der Waals surface area contributed by atoms with Crippen LogP contribution in [0.2, 0.25) is 0 Å². The van der Waals surface area contributed by atoms with Crippen LogP contribution >= 0.6 is 11.8 Å². The van der Waals surface area contributed by atoms with Crippen LogP contribution in [0.4, 0.5) is 4.79 Å². The number of imide groups is 1. The summed E-state index contributed by atoms with van der Waals surface area (Å²) >= 11 is 1.11. The fraction of sp³-hybridized carbons (Fsp3) is 0.280. The van der Waals surface area contributed by atoms with Gasteiger partial charge in [-0.3, -0.25) is 15.0 Å². The van der Waals surface area contributed by atoms with Crippen molar-refractivity contribution in [3.05, 3.63) is 60.7 Å². The summed E-state index contributed by atoms with van der Waals surface area (Å²) in [5, 5.41) is 3.92. The van der Waals surface area contributed by atoms with Gasteiger partial charge in [0.1, 0.15) is 11.2 Å². The van der Waals surface area contributed by atoms with Crippen molar-refractivity contribution < 1.29 is 18.8 Å². The normalized spacial score (nSPS) is 17.1. The molecule has 0 bridgehead atoms. The highest BCUT2D eigenvalue weighted by atomic mass is 32.2. The molecule has 3 aromatic rings. The number of aromatic nitrogens is 1. The van der Waals surface area contributed by atoms with E-state index in [-0.39, 0.29) is 11.7 Å². The van der Waals surface area contributed by atoms with Gasteiger partial charge in [-0.05, 0) is 12.8 Å². The fourth-order valence-electron chi connectivity index (χ4n) is 4.44. The first-order valence-electron chi connectivity index (χ1n) is 11.3. The second kappa shape index (κ2) is 9.34. The van der Waals surface area contributed by atoms with Gasteiger partial charge < -0.3 is 9.73 Å². The summed E-state index contributed by atoms with van der Waals surface area (Å²) in [4.78, 5) is 42.4. The van der Waals surface area contributed by atoms with E-state index in [0.717, 1.165) is 47.2 Å². The number of oxazole rings is 1. The van der Waals surface area contributed by atoms with Gasteiger partial charge in [0, 0.05) is 11.1 Å². The highest BCUT2D eigenvalue weighted by Gasteiger charge is 2.52. The van der Waals surface area contributed by atoms with E-state index in [1.807, 2.05) is 60.7 Å². The van der Waals surface area contributed by atoms with Crippen LogP contribution in [0.1, 0.15) is 32.1 Å². The molecule has 2 aromatic carbocycles. The van der Waals surface area contributed by atoms with E-state index in [9.17, 15) is 14.4 Å². The lowest BCUT2D eigenvalue weighted by Crippen LogP contribution is -2.51. The summed E-state index contributed by atoms with van der Waals surface area (Å²) in [6.45, 7) is 0. The molecule has 2 N–H and O–H groups in total. The minimum absolute atomic E-state index is 0.0625. The van der Waals surface area contributed by atoms with E-state index in [4.69, 9.17) is 4.42 Å². The lowest BCUT2D eigenvalue weighted by molar-refractivity contribution is -0.139. The molecule has 174 valence electrons. The number of amides is 4. The van der Waals surface area contributed by atoms with Crippen molar-refractivity contribution in [2.45, 2.75) is 42.9 Å². The number of thioether (sulfide) groups is 1. The highest BCUT2D eigenvalue weighted by Crippen LogP contribution is 2.36. The van der Waals surface area contributed by atoms with E-state index < -0.39 is 17.5 Å². The Hall–Kier alpha value is -3.59. The van der Waals surface area contributed by atoms with Crippen LogP contribution in [-0.4, -0.2) is 39.1 Å². The monoisotopic (exact) mass is 476 g/mol. The smallest absolute Gasteiger partial charge is 0.344 e. The molecule has 0 unspecified atom stereocenters. The van der Waals surface area contributed by atoms with Gasteiger partial charge in [-0.15, -0.1) is 0 Å². The molecule has 1 aliphatic heterocycles. The summed E-state index contributed by atoms with van der Waals surface area (Å²) in [6, 6.07) is 18.7. The summed E-state index contributed by atoms with van der Waals surface area (Å²) in [6.07, 6.45) is 3.99. The van der Waals surface area contributed by atoms with Crippen LogP contribution in [0.3, 0.4) is 0 Å². The number of nitrogens with one attached hydrogen (secondary N) is 2. The Labute approximate surface area is 201 Å². The van der Waals surface area contributed by atoms with Crippen molar-refractivity contribution in [2.24, 2.45) is 0 Å². The molecule has 9 heteroatoms. The molecule has 34 heavy (non-hydrogen) atoms. The maximum atomic E-state index is 12.9. The van der Waals surface area contributed by atoms with Crippen molar-refractivity contribution in [3.8, 4) is 22.6 Å². The van der Waals surface area contributed by atoms with E-state index in [1.165, 1.54) is 0 Å². The molecular weight excluding hydrogens is 452 g/mol. The first kappa shape index (κ1) is 22.2. The Morgan fingerprint density at radius 3 is 2.32 bits per heavy atom. The van der Waals surface area contributed by atoms with Crippen molar-refractivity contribution in [2.75, 3.05) is 5.75 Å². The number of urea groups is 1. The number of hydrazine groups is 1. The van der Waals surface area contributed by atoms with Crippen LogP contribution in [0, 0.1) is 0 Å². The minimum Gasteiger partial charge on any atom is -0.431 e. The zero-order valence-corrected chi connectivity index (χ0v) is 19.3. The molecule has 4 amide bonds. The lowest BCUT2D eigenvalue weighted by Gasteiger charge is -2.30. The van der Waals surface area contributed by atoms with E-state index >= 15 is 0 Å². The number of carbonyl (C=O) groups excluding carboxylic acids is 3. The van der Waals surface area contributed by atoms with Gasteiger partial charge in [0.15, 0.2) is 5.76 Å². The Morgan fingerprint density at radius 2 is 1.65 bits per heavy atom. The maximum Gasteiger partial charge on any atom is 0.344 e. The second-order valence-corrected chi connectivity index (χ2v) is 9.35. The molecule has 1 saturated heterocycles. The number of rotatable bonds is 6. The number of nitrogens with zero attached hydrogens (tertiary/aromatic N) is 2. The largest absolute Gasteiger partial charge is 0.431 e. The molecule has 2 heterocycles. The number of carbonyl (C=O) groups is 3. The van der Waals surface area contributed by atoms with Gasteiger partial charge in [0.2, 0.25) is 5.91 Å². The topological polar surface area (TPSA) is 105 Å². The van der Waals surface area contributed by atoms with Gasteiger partial charge >= 0.3 is 6.03 Å². The van der Waals surface area contributed by atoms with E-state index in [1.54, 1.807) is 0 Å². The van der Waals surface area contributed by atoms with Crippen molar-refractivity contribution >= 4 is 29.6 Å². The Kier molecular flexibility index (Phi) is 6.10. The first-order chi connectivity index (χ1) is 16.6. The fourth-order valence-corrected chi connectivity index (χ4v) is 5.06. The molecule has 1 spiro atoms. The Morgan fingerprint density at radius 1 is 1.00 bits per heavy atom. The lowest BCUT2D eigenvalue weighted by atomic mass is 9.82. The molecule has 1 aromatic heterocycles. The quantitative estimate of drug-likeness (QED) is 0.404. The van der Waals surface area contributed by atoms with Crippen molar-refractivity contribution in [1.29, 1.82) is 0 Å². The van der Waals surface area contributed by atoms with Gasteiger partial charge in [-0.1, -0.05) is 91.7 Å². The SMILES string of the molecule is O=C(CSc1nc(-c2ccccc2)c(-c2ccccc2)o1)NN1C(=O)NC2(CCCCC2)C1=O.